The lowest BCUT2D eigenvalue weighted by molar-refractivity contribution is -0.171. The molecular formula is C27H48O2. The Kier molecular flexibility index (Phi) is 8.13. The molecule has 2 nitrogen and oxygen atoms in total. The van der Waals surface area contributed by atoms with E-state index in [2.05, 4.69) is 13.8 Å². The van der Waals surface area contributed by atoms with Crippen LogP contribution in [0.15, 0.2) is 0 Å². The number of carboxylic acid groups (broad SMARTS) is 1. The van der Waals surface area contributed by atoms with Gasteiger partial charge in [-0.25, -0.2) is 0 Å². The first-order valence-electron chi connectivity index (χ1n) is 13.3. The van der Waals surface area contributed by atoms with E-state index in [1.807, 2.05) is 0 Å². The molecule has 168 valence electrons. The Balaban J connectivity index is 1.86. The van der Waals surface area contributed by atoms with Crippen molar-refractivity contribution >= 4 is 5.97 Å². The molecule has 0 bridgehead atoms. The highest BCUT2D eigenvalue weighted by molar-refractivity contribution is 5.76. The topological polar surface area (TPSA) is 37.3 Å². The van der Waals surface area contributed by atoms with Crippen LogP contribution in [0.2, 0.25) is 0 Å². The normalized spacial score (nSPS) is 33.4. The predicted molar refractivity (Wildman–Crippen MR) is 122 cm³/mol. The molecule has 0 aliphatic heterocycles. The van der Waals surface area contributed by atoms with Gasteiger partial charge in [0.2, 0.25) is 0 Å². The summed E-state index contributed by atoms with van der Waals surface area (Å²) >= 11 is 0. The lowest BCUT2D eigenvalue weighted by atomic mass is 9.46. The van der Waals surface area contributed by atoms with Crippen LogP contribution < -0.4 is 0 Å². The average Bonchev–Trinajstić information content (AvgIpc) is 2.78. The van der Waals surface area contributed by atoms with Gasteiger partial charge in [-0.05, 0) is 81.0 Å². The molecule has 0 atom stereocenters. The highest BCUT2D eigenvalue weighted by Crippen LogP contribution is 2.64. The predicted octanol–water partition coefficient (Wildman–Crippen LogP) is 8.53. The highest BCUT2D eigenvalue weighted by Gasteiger charge is 2.58. The van der Waals surface area contributed by atoms with E-state index < -0.39 is 11.4 Å². The van der Waals surface area contributed by atoms with Crippen molar-refractivity contribution in [2.45, 2.75) is 142 Å². The fraction of sp³-hybridized carbons (Fsp3) is 0.963. The summed E-state index contributed by atoms with van der Waals surface area (Å²) in [5, 5.41) is 10.5. The lowest BCUT2D eigenvalue weighted by Gasteiger charge is -2.58. The molecule has 0 radical (unpaired) electrons. The molecule has 29 heavy (non-hydrogen) atoms. The van der Waals surface area contributed by atoms with Crippen molar-refractivity contribution in [1.82, 2.24) is 0 Å². The molecule has 3 saturated carbocycles. The summed E-state index contributed by atoms with van der Waals surface area (Å²) in [5.41, 5.74) is 0.171. The third-order valence-electron chi connectivity index (χ3n) is 9.84. The quantitative estimate of drug-likeness (QED) is 0.418. The summed E-state index contributed by atoms with van der Waals surface area (Å²) in [5.74, 6) is 0.464. The number of carbonyl (C=O) groups is 1. The van der Waals surface area contributed by atoms with Crippen LogP contribution in [0.1, 0.15) is 142 Å². The zero-order chi connectivity index (χ0) is 20.8. The smallest absolute Gasteiger partial charge is 0.310 e. The number of hydrogen-bond acceptors (Lipinski definition) is 1. The zero-order valence-electron chi connectivity index (χ0n) is 19.6. The maximum absolute atomic E-state index is 12.8. The van der Waals surface area contributed by atoms with Crippen LogP contribution in [0, 0.1) is 22.2 Å². The van der Waals surface area contributed by atoms with Gasteiger partial charge in [-0.15, -0.1) is 0 Å². The van der Waals surface area contributed by atoms with E-state index in [0.29, 0.717) is 5.41 Å². The maximum atomic E-state index is 12.8. The molecule has 0 aromatic carbocycles. The number of hydrogen-bond donors (Lipinski definition) is 1. The highest BCUT2D eigenvalue weighted by atomic mass is 16.4. The molecule has 1 N–H and O–H groups in total. The minimum Gasteiger partial charge on any atom is -0.481 e. The van der Waals surface area contributed by atoms with E-state index in [1.165, 1.54) is 96.3 Å². The van der Waals surface area contributed by atoms with Crippen LogP contribution in [0.4, 0.5) is 0 Å². The van der Waals surface area contributed by atoms with Gasteiger partial charge in [-0.2, -0.15) is 0 Å². The van der Waals surface area contributed by atoms with Gasteiger partial charge in [-0.1, -0.05) is 78.1 Å². The van der Waals surface area contributed by atoms with Crippen molar-refractivity contribution in [2.75, 3.05) is 0 Å². The first kappa shape index (κ1) is 23.1. The fourth-order valence-corrected chi connectivity index (χ4v) is 7.94. The zero-order valence-corrected chi connectivity index (χ0v) is 19.6. The van der Waals surface area contributed by atoms with Gasteiger partial charge in [0.05, 0.1) is 5.41 Å². The molecule has 0 unspecified atom stereocenters. The molecule has 2 heteroatoms. The van der Waals surface area contributed by atoms with Crippen LogP contribution >= 0.6 is 0 Å². The Morgan fingerprint density at radius 2 is 1.31 bits per heavy atom. The standard InChI is InChI=1S/C27H48O2/c1-3-5-15-25(23-13-9-7-10-14-23)19-21-26(22-20-25,16-6-4-2)27(24(28)29)17-11-8-12-18-27/h23H,3-22H2,1-2H3,(H,28,29). The average molecular weight is 405 g/mol. The van der Waals surface area contributed by atoms with Gasteiger partial charge in [0, 0.05) is 0 Å². The van der Waals surface area contributed by atoms with Crippen molar-refractivity contribution in [2.24, 2.45) is 22.2 Å². The van der Waals surface area contributed by atoms with Gasteiger partial charge in [0.1, 0.15) is 0 Å². The Hall–Kier alpha value is -0.530. The van der Waals surface area contributed by atoms with Gasteiger partial charge in [0.15, 0.2) is 0 Å². The van der Waals surface area contributed by atoms with E-state index in [4.69, 9.17) is 0 Å². The van der Waals surface area contributed by atoms with Crippen molar-refractivity contribution in [3.05, 3.63) is 0 Å². The Bertz CT molecular complexity index is 503. The molecule has 0 spiro atoms. The molecule has 3 aliphatic rings. The summed E-state index contributed by atoms with van der Waals surface area (Å²) in [6, 6.07) is 0. The van der Waals surface area contributed by atoms with Crippen molar-refractivity contribution in [1.29, 1.82) is 0 Å². The molecule has 3 rings (SSSR count). The minimum atomic E-state index is -0.452. The summed E-state index contributed by atoms with van der Waals surface area (Å²) < 4.78 is 0. The van der Waals surface area contributed by atoms with Gasteiger partial charge >= 0.3 is 5.97 Å². The molecule has 0 saturated heterocycles. The van der Waals surface area contributed by atoms with Gasteiger partial charge in [-0.3, -0.25) is 4.79 Å². The minimum absolute atomic E-state index is 0.0691. The summed E-state index contributed by atoms with van der Waals surface area (Å²) in [7, 11) is 0. The molecule has 0 aromatic rings. The molecule has 0 heterocycles. The largest absolute Gasteiger partial charge is 0.481 e. The molecule has 0 amide bonds. The third kappa shape index (κ3) is 4.57. The molecule has 3 aliphatic carbocycles. The molecular weight excluding hydrogens is 356 g/mol. The maximum Gasteiger partial charge on any atom is 0.310 e. The van der Waals surface area contributed by atoms with Crippen LogP contribution in [-0.2, 0) is 4.79 Å². The van der Waals surface area contributed by atoms with Crippen molar-refractivity contribution in [3.63, 3.8) is 0 Å². The van der Waals surface area contributed by atoms with Crippen LogP contribution in [0.25, 0.3) is 0 Å². The van der Waals surface area contributed by atoms with Crippen LogP contribution in [0.3, 0.4) is 0 Å². The fourth-order valence-electron chi connectivity index (χ4n) is 7.94. The third-order valence-corrected chi connectivity index (χ3v) is 9.84. The Morgan fingerprint density at radius 1 is 0.759 bits per heavy atom. The molecule has 0 aromatic heterocycles. The van der Waals surface area contributed by atoms with Crippen LogP contribution in [-0.4, -0.2) is 11.1 Å². The van der Waals surface area contributed by atoms with Gasteiger partial charge in [0.25, 0.3) is 0 Å². The molecule has 3 fully saturated rings. The number of unbranched alkanes of at least 4 members (excludes halogenated alkanes) is 2. The number of rotatable bonds is 9. The summed E-state index contributed by atoms with van der Waals surface area (Å²) in [6.07, 6.45) is 25.2. The van der Waals surface area contributed by atoms with E-state index in [9.17, 15) is 9.90 Å². The first-order valence-corrected chi connectivity index (χ1v) is 13.3. The monoisotopic (exact) mass is 404 g/mol. The first-order chi connectivity index (χ1) is 14.0. The number of carboxylic acids is 1. The SMILES string of the molecule is CCCCC1(C2CCCCC2)CCC(CCCC)(C2(C(=O)O)CCCCC2)CC1. The Morgan fingerprint density at radius 3 is 1.86 bits per heavy atom. The second-order valence-electron chi connectivity index (χ2n) is 11.1. The van der Waals surface area contributed by atoms with Crippen LogP contribution in [0.5, 0.6) is 0 Å². The summed E-state index contributed by atoms with van der Waals surface area (Å²) in [4.78, 5) is 12.8. The van der Waals surface area contributed by atoms with E-state index in [0.717, 1.165) is 38.0 Å². The number of aliphatic carboxylic acids is 1. The summed E-state index contributed by atoms with van der Waals surface area (Å²) in [6.45, 7) is 4.61. The second kappa shape index (κ2) is 10.2. The van der Waals surface area contributed by atoms with Gasteiger partial charge < -0.3 is 5.11 Å². The van der Waals surface area contributed by atoms with E-state index in [1.54, 1.807) is 0 Å². The van der Waals surface area contributed by atoms with E-state index >= 15 is 0 Å². The second-order valence-corrected chi connectivity index (χ2v) is 11.1. The van der Waals surface area contributed by atoms with Crippen molar-refractivity contribution in [3.8, 4) is 0 Å². The van der Waals surface area contributed by atoms with E-state index in [-0.39, 0.29) is 5.41 Å². The lowest BCUT2D eigenvalue weighted by Crippen LogP contribution is -2.53. The van der Waals surface area contributed by atoms with Crippen molar-refractivity contribution < 1.29 is 9.90 Å². The Labute approximate surface area is 180 Å².